The fourth-order valence-corrected chi connectivity index (χ4v) is 6.76. The van der Waals surface area contributed by atoms with Crippen LogP contribution in [0.2, 0.25) is 0 Å². The molecule has 0 atom stereocenters. The van der Waals surface area contributed by atoms with Crippen molar-refractivity contribution in [1.82, 2.24) is 0 Å². The van der Waals surface area contributed by atoms with Crippen LogP contribution in [0.25, 0.3) is 6.08 Å². The van der Waals surface area contributed by atoms with Gasteiger partial charge in [-0.15, -0.1) is 0 Å². The van der Waals surface area contributed by atoms with Crippen LogP contribution >= 0.6 is 0 Å². The highest BCUT2D eigenvalue weighted by atomic mass is 16.5. The zero-order valence-electron chi connectivity index (χ0n) is 18.9. The minimum absolute atomic E-state index is 0.0924. The van der Waals surface area contributed by atoms with E-state index in [-0.39, 0.29) is 16.9 Å². The second kappa shape index (κ2) is 8.13. The van der Waals surface area contributed by atoms with Crippen molar-refractivity contribution in [1.29, 1.82) is 5.26 Å². The predicted molar refractivity (Wildman–Crippen MR) is 126 cm³/mol. The fourth-order valence-electron chi connectivity index (χ4n) is 6.76. The van der Waals surface area contributed by atoms with Gasteiger partial charge in [0.1, 0.15) is 17.4 Å². The van der Waals surface area contributed by atoms with Gasteiger partial charge >= 0.3 is 0 Å². The lowest BCUT2D eigenvalue weighted by molar-refractivity contribution is -0.112. The zero-order chi connectivity index (χ0) is 22.3. The Kier molecular flexibility index (Phi) is 5.29. The molecular weight excluding hydrogens is 396 g/mol. The molecule has 6 rings (SSSR count). The Balaban J connectivity index is 1.38. The fraction of sp³-hybridized carbons (Fsp3) is 0.429. The number of aryl methyl sites for hydroxylation is 1. The molecule has 4 aliphatic carbocycles. The smallest absolute Gasteiger partial charge is 0.266 e. The van der Waals surface area contributed by atoms with E-state index in [9.17, 15) is 10.1 Å². The third kappa shape index (κ3) is 3.81. The topological polar surface area (TPSA) is 62.1 Å². The lowest BCUT2D eigenvalue weighted by Crippen LogP contribution is -2.48. The van der Waals surface area contributed by atoms with Crippen LogP contribution < -0.4 is 10.1 Å². The lowest BCUT2D eigenvalue weighted by atomic mass is 9.48. The number of carbonyl (C=O) groups is 1. The molecule has 2 aromatic carbocycles. The molecule has 4 nitrogen and oxygen atoms in total. The number of nitrogens with zero attached hydrogens (tertiary/aromatic N) is 1. The van der Waals surface area contributed by atoms with Crippen molar-refractivity contribution in [2.45, 2.75) is 50.9 Å². The molecule has 4 fully saturated rings. The summed E-state index contributed by atoms with van der Waals surface area (Å²) in [5.74, 6) is 2.99. The highest BCUT2D eigenvalue weighted by molar-refractivity contribution is 6.10. The first-order valence-electron chi connectivity index (χ1n) is 11.7. The van der Waals surface area contributed by atoms with E-state index in [1.165, 1.54) is 44.1 Å². The van der Waals surface area contributed by atoms with Gasteiger partial charge in [0.25, 0.3) is 5.91 Å². The minimum atomic E-state index is -0.367. The Hall–Kier alpha value is -3.06. The summed E-state index contributed by atoms with van der Waals surface area (Å²) in [5.41, 5.74) is 4.37. The summed E-state index contributed by atoms with van der Waals surface area (Å²) in [5, 5.41) is 12.6. The number of hydrogen-bond donors (Lipinski definition) is 1. The summed E-state index contributed by atoms with van der Waals surface area (Å²) in [4.78, 5) is 13.0. The summed E-state index contributed by atoms with van der Waals surface area (Å²) in [6, 6.07) is 16.0. The van der Waals surface area contributed by atoms with Gasteiger partial charge in [-0.2, -0.15) is 5.26 Å². The summed E-state index contributed by atoms with van der Waals surface area (Å²) in [7, 11) is 1.61. The first kappa shape index (κ1) is 20.8. The largest absolute Gasteiger partial charge is 0.497 e. The molecule has 1 N–H and O–H groups in total. The van der Waals surface area contributed by atoms with Crippen LogP contribution in [0.5, 0.6) is 5.75 Å². The van der Waals surface area contributed by atoms with E-state index in [4.69, 9.17) is 4.74 Å². The summed E-state index contributed by atoms with van der Waals surface area (Å²) in [6.45, 7) is 2.01. The first-order valence-corrected chi connectivity index (χ1v) is 11.7. The second-order valence-corrected chi connectivity index (χ2v) is 10.1. The van der Waals surface area contributed by atoms with Crippen molar-refractivity contribution in [2.75, 3.05) is 12.4 Å². The summed E-state index contributed by atoms with van der Waals surface area (Å²) >= 11 is 0. The maximum atomic E-state index is 13.0. The highest BCUT2D eigenvalue weighted by Crippen LogP contribution is 2.60. The van der Waals surface area contributed by atoms with Gasteiger partial charge in [-0.1, -0.05) is 24.3 Å². The molecule has 0 aliphatic heterocycles. The van der Waals surface area contributed by atoms with Crippen molar-refractivity contribution in [2.24, 2.45) is 17.8 Å². The van der Waals surface area contributed by atoms with Gasteiger partial charge in [0.05, 0.1) is 7.11 Å². The molecule has 4 saturated carbocycles. The SMILES string of the molecule is COc1ccc(C=C(C#N)C(=O)Nc2cc(C34CC5CC(CC(C5)C3)C4)ccc2C)cc1. The Bertz CT molecular complexity index is 1070. The van der Waals surface area contributed by atoms with Crippen molar-refractivity contribution in [3.8, 4) is 11.8 Å². The molecule has 0 aromatic heterocycles. The lowest BCUT2D eigenvalue weighted by Gasteiger charge is -2.57. The molecule has 0 saturated heterocycles. The van der Waals surface area contributed by atoms with Gasteiger partial charge < -0.3 is 10.1 Å². The highest BCUT2D eigenvalue weighted by Gasteiger charge is 2.51. The third-order valence-electron chi connectivity index (χ3n) is 7.93. The van der Waals surface area contributed by atoms with Crippen molar-refractivity contribution < 1.29 is 9.53 Å². The van der Waals surface area contributed by atoms with E-state index < -0.39 is 0 Å². The van der Waals surface area contributed by atoms with Crippen molar-refractivity contribution in [3.63, 3.8) is 0 Å². The number of amides is 1. The van der Waals surface area contributed by atoms with E-state index in [1.54, 1.807) is 13.2 Å². The van der Waals surface area contributed by atoms with E-state index in [0.717, 1.165) is 40.3 Å². The Morgan fingerprint density at radius 1 is 1.06 bits per heavy atom. The van der Waals surface area contributed by atoms with Gasteiger partial charge in [-0.3, -0.25) is 4.79 Å². The molecule has 4 heteroatoms. The molecule has 4 bridgehead atoms. The van der Waals surface area contributed by atoms with Gasteiger partial charge in [-0.25, -0.2) is 0 Å². The summed E-state index contributed by atoms with van der Waals surface area (Å²) < 4.78 is 5.17. The molecule has 1 amide bonds. The molecule has 4 aliphatic rings. The number of anilines is 1. The average molecular weight is 427 g/mol. The number of hydrogen-bond acceptors (Lipinski definition) is 3. The Morgan fingerprint density at radius 2 is 1.69 bits per heavy atom. The standard InChI is InChI=1S/C28H30N2O2/c1-18-3-6-24(28-14-20-9-21(15-28)11-22(10-20)16-28)13-26(18)30-27(31)23(17-29)12-19-4-7-25(32-2)8-5-19/h3-8,12-13,20-22H,9-11,14-16H2,1-2H3,(H,30,31). The monoisotopic (exact) mass is 426 g/mol. The molecule has 0 spiro atoms. The third-order valence-corrected chi connectivity index (χ3v) is 7.93. The second-order valence-electron chi connectivity index (χ2n) is 10.1. The Labute approximate surface area is 190 Å². The maximum absolute atomic E-state index is 13.0. The number of nitriles is 1. The number of rotatable bonds is 5. The van der Waals surface area contributed by atoms with Crippen LogP contribution in [0, 0.1) is 36.0 Å². The van der Waals surface area contributed by atoms with Crippen LogP contribution in [-0.2, 0) is 10.2 Å². The number of carbonyl (C=O) groups excluding carboxylic acids is 1. The number of nitrogens with one attached hydrogen (secondary N) is 1. The zero-order valence-corrected chi connectivity index (χ0v) is 18.9. The minimum Gasteiger partial charge on any atom is -0.497 e. The van der Waals surface area contributed by atoms with Crippen LogP contribution in [0.3, 0.4) is 0 Å². The van der Waals surface area contributed by atoms with Crippen LogP contribution in [0.4, 0.5) is 5.69 Å². The number of benzene rings is 2. The van der Waals surface area contributed by atoms with Crippen molar-refractivity contribution >= 4 is 17.7 Å². The van der Waals surface area contributed by atoms with Crippen molar-refractivity contribution in [3.05, 3.63) is 64.7 Å². The molecule has 164 valence electrons. The average Bonchev–Trinajstić information content (AvgIpc) is 2.78. The molecule has 32 heavy (non-hydrogen) atoms. The predicted octanol–water partition coefficient (Wildman–Crippen LogP) is 6.02. The quantitative estimate of drug-likeness (QED) is 0.470. The van der Waals surface area contributed by atoms with E-state index in [0.29, 0.717) is 0 Å². The van der Waals surface area contributed by atoms with Crippen LogP contribution in [0.15, 0.2) is 48.0 Å². The van der Waals surface area contributed by atoms with Gasteiger partial charge in [0, 0.05) is 5.69 Å². The van der Waals surface area contributed by atoms with Gasteiger partial charge in [-0.05, 0) is 110 Å². The molecule has 2 aromatic rings. The van der Waals surface area contributed by atoms with Gasteiger partial charge in [0.2, 0.25) is 0 Å². The summed E-state index contributed by atoms with van der Waals surface area (Å²) in [6.07, 6.45) is 9.72. The molecule has 0 unspecified atom stereocenters. The number of ether oxygens (including phenoxy) is 1. The van der Waals surface area contributed by atoms with Crippen LogP contribution in [0.1, 0.15) is 55.2 Å². The van der Waals surface area contributed by atoms with E-state index in [1.807, 2.05) is 31.2 Å². The normalized spacial score (nSPS) is 28.3. The van der Waals surface area contributed by atoms with Gasteiger partial charge in [0.15, 0.2) is 0 Å². The number of methoxy groups -OCH3 is 1. The molecular formula is C28H30N2O2. The maximum Gasteiger partial charge on any atom is 0.266 e. The van der Waals surface area contributed by atoms with E-state index in [2.05, 4.69) is 29.6 Å². The molecule has 0 radical (unpaired) electrons. The molecule has 0 heterocycles. The first-order chi connectivity index (χ1) is 15.5. The van der Waals surface area contributed by atoms with Crippen LogP contribution in [-0.4, -0.2) is 13.0 Å². The Morgan fingerprint density at radius 3 is 2.25 bits per heavy atom. The van der Waals surface area contributed by atoms with E-state index >= 15 is 0 Å².